The quantitative estimate of drug-likeness (QED) is 0.672. The lowest BCUT2D eigenvalue weighted by Gasteiger charge is -2.32. The minimum Gasteiger partial charge on any atom is -0.484 e. The molecule has 0 unspecified atom stereocenters. The smallest absolute Gasteiger partial charge is 0.261 e. The van der Waals surface area contributed by atoms with Crippen LogP contribution in [0.15, 0.2) is 60.7 Å². The van der Waals surface area contributed by atoms with Crippen LogP contribution in [0, 0.1) is 0 Å². The highest BCUT2D eigenvalue weighted by Gasteiger charge is 2.30. The Morgan fingerprint density at radius 3 is 2.27 bits per heavy atom. The molecule has 3 rings (SSSR count). The number of carbonyl (C=O) groups is 2. The van der Waals surface area contributed by atoms with Crippen molar-refractivity contribution in [2.45, 2.75) is 64.1 Å². The fourth-order valence-electron chi connectivity index (χ4n) is 3.99. The van der Waals surface area contributed by atoms with Crippen LogP contribution in [0.1, 0.15) is 51.0 Å². The first kappa shape index (κ1) is 21.9. The van der Waals surface area contributed by atoms with Gasteiger partial charge in [0.2, 0.25) is 5.91 Å². The van der Waals surface area contributed by atoms with Crippen LogP contribution in [0.5, 0.6) is 5.75 Å². The van der Waals surface area contributed by atoms with Crippen molar-refractivity contribution in [3.63, 3.8) is 0 Å². The average molecular weight is 409 g/mol. The predicted molar refractivity (Wildman–Crippen MR) is 118 cm³/mol. The van der Waals surface area contributed by atoms with Crippen LogP contribution in [0.3, 0.4) is 0 Å². The van der Waals surface area contributed by atoms with E-state index in [0.717, 1.165) is 31.2 Å². The third-order valence-electron chi connectivity index (χ3n) is 5.64. The molecule has 1 atom stereocenters. The number of amides is 2. The lowest BCUT2D eigenvalue weighted by molar-refractivity contribution is -0.143. The summed E-state index contributed by atoms with van der Waals surface area (Å²) in [5, 5.41) is 3.19. The Morgan fingerprint density at radius 1 is 1.00 bits per heavy atom. The molecular weight excluding hydrogens is 376 g/mol. The molecule has 160 valence electrons. The molecule has 0 aliphatic heterocycles. The van der Waals surface area contributed by atoms with Crippen molar-refractivity contribution in [1.29, 1.82) is 0 Å². The molecular formula is C25H32N2O3. The lowest BCUT2D eigenvalue weighted by atomic mass is 9.95. The zero-order valence-corrected chi connectivity index (χ0v) is 17.8. The molecule has 0 bridgehead atoms. The summed E-state index contributed by atoms with van der Waals surface area (Å²) in [4.78, 5) is 27.9. The van der Waals surface area contributed by atoms with Crippen LogP contribution in [0.2, 0.25) is 0 Å². The molecule has 1 fully saturated rings. The van der Waals surface area contributed by atoms with Gasteiger partial charge in [-0.3, -0.25) is 9.59 Å². The van der Waals surface area contributed by atoms with Crippen LogP contribution in [0.4, 0.5) is 0 Å². The fourth-order valence-corrected chi connectivity index (χ4v) is 3.99. The number of ether oxygens (including phenoxy) is 1. The standard InChI is InChI=1S/C25H32N2O3/c1-2-23(25(29)26-21-14-8-4-9-15-21)27(18-20-12-6-3-7-13-20)24(28)19-30-22-16-10-5-11-17-22/h3,5-7,10-13,16-17,21,23H,2,4,8-9,14-15,18-19H2,1H3,(H,26,29)/t23-/m0/s1. The second-order valence-corrected chi connectivity index (χ2v) is 7.88. The second kappa shape index (κ2) is 11.4. The normalized spacial score (nSPS) is 15.2. The Morgan fingerprint density at radius 2 is 1.63 bits per heavy atom. The van der Waals surface area contributed by atoms with Crippen molar-refractivity contribution >= 4 is 11.8 Å². The SMILES string of the molecule is CC[C@@H](C(=O)NC1CCCCC1)N(Cc1ccccc1)C(=O)COc1ccccc1. The Kier molecular flexibility index (Phi) is 8.30. The molecule has 0 aromatic heterocycles. The number of hydrogen-bond donors (Lipinski definition) is 1. The largest absolute Gasteiger partial charge is 0.484 e. The van der Waals surface area contributed by atoms with E-state index in [0.29, 0.717) is 18.7 Å². The van der Waals surface area contributed by atoms with Gasteiger partial charge in [0.05, 0.1) is 0 Å². The van der Waals surface area contributed by atoms with Crippen molar-refractivity contribution in [3.05, 3.63) is 66.2 Å². The van der Waals surface area contributed by atoms with E-state index in [2.05, 4.69) is 5.32 Å². The Labute approximate surface area is 179 Å². The van der Waals surface area contributed by atoms with Crippen LogP contribution in [-0.4, -0.2) is 35.4 Å². The number of hydrogen-bond acceptors (Lipinski definition) is 3. The van der Waals surface area contributed by atoms with Gasteiger partial charge in [0.1, 0.15) is 11.8 Å². The lowest BCUT2D eigenvalue weighted by Crippen LogP contribution is -2.52. The molecule has 2 amide bonds. The molecule has 5 heteroatoms. The van der Waals surface area contributed by atoms with Crippen LogP contribution >= 0.6 is 0 Å². The van der Waals surface area contributed by atoms with Gasteiger partial charge in [-0.1, -0.05) is 74.7 Å². The van der Waals surface area contributed by atoms with Crippen molar-refractivity contribution in [3.8, 4) is 5.75 Å². The molecule has 1 aliphatic rings. The van der Waals surface area contributed by atoms with Gasteiger partial charge < -0.3 is 15.0 Å². The predicted octanol–water partition coefficient (Wildman–Crippen LogP) is 4.32. The molecule has 0 spiro atoms. The molecule has 2 aromatic rings. The monoisotopic (exact) mass is 408 g/mol. The van der Waals surface area contributed by atoms with Crippen LogP contribution < -0.4 is 10.1 Å². The number of para-hydroxylation sites is 1. The number of nitrogens with one attached hydrogen (secondary N) is 1. The molecule has 30 heavy (non-hydrogen) atoms. The Bertz CT molecular complexity index is 789. The summed E-state index contributed by atoms with van der Waals surface area (Å²) in [6, 6.07) is 18.8. The molecule has 0 saturated heterocycles. The fraction of sp³-hybridized carbons (Fsp3) is 0.440. The maximum Gasteiger partial charge on any atom is 0.261 e. The topological polar surface area (TPSA) is 58.6 Å². The van der Waals surface area contributed by atoms with Crippen molar-refractivity contribution in [1.82, 2.24) is 10.2 Å². The summed E-state index contributed by atoms with van der Waals surface area (Å²) >= 11 is 0. The van der Waals surface area contributed by atoms with E-state index < -0.39 is 6.04 Å². The van der Waals surface area contributed by atoms with Gasteiger partial charge in [-0.25, -0.2) is 0 Å². The third-order valence-corrected chi connectivity index (χ3v) is 5.64. The number of carbonyl (C=O) groups excluding carboxylic acids is 2. The van der Waals surface area contributed by atoms with E-state index in [1.807, 2.05) is 67.6 Å². The molecule has 2 aromatic carbocycles. The first-order valence-corrected chi connectivity index (χ1v) is 11.0. The molecule has 1 aliphatic carbocycles. The van der Waals surface area contributed by atoms with E-state index in [-0.39, 0.29) is 24.5 Å². The number of rotatable bonds is 9. The van der Waals surface area contributed by atoms with Gasteiger partial charge in [-0.05, 0) is 37.0 Å². The van der Waals surface area contributed by atoms with Crippen molar-refractivity contribution in [2.24, 2.45) is 0 Å². The van der Waals surface area contributed by atoms with Gasteiger partial charge >= 0.3 is 0 Å². The maximum absolute atomic E-state index is 13.1. The summed E-state index contributed by atoms with van der Waals surface area (Å²) in [5.41, 5.74) is 0.995. The molecule has 0 radical (unpaired) electrons. The molecule has 5 nitrogen and oxygen atoms in total. The zero-order chi connectivity index (χ0) is 21.2. The zero-order valence-electron chi connectivity index (χ0n) is 17.8. The van der Waals surface area contributed by atoms with Crippen molar-refractivity contribution < 1.29 is 14.3 Å². The number of nitrogens with zero attached hydrogens (tertiary/aromatic N) is 1. The van der Waals surface area contributed by atoms with Gasteiger partial charge in [-0.15, -0.1) is 0 Å². The maximum atomic E-state index is 13.1. The van der Waals surface area contributed by atoms with E-state index in [4.69, 9.17) is 4.74 Å². The first-order valence-electron chi connectivity index (χ1n) is 11.0. The second-order valence-electron chi connectivity index (χ2n) is 7.88. The Balaban J connectivity index is 1.72. The van der Waals surface area contributed by atoms with Crippen molar-refractivity contribution in [2.75, 3.05) is 6.61 Å². The van der Waals surface area contributed by atoms with Crippen LogP contribution in [-0.2, 0) is 16.1 Å². The highest BCUT2D eigenvalue weighted by atomic mass is 16.5. The minimum atomic E-state index is -0.515. The van der Waals surface area contributed by atoms with E-state index in [9.17, 15) is 9.59 Å². The van der Waals surface area contributed by atoms with E-state index in [1.165, 1.54) is 6.42 Å². The summed E-state index contributed by atoms with van der Waals surface area (Å²) in [7, 11) is 0. The highest BCUT2D eigenvalue weighted by Crippen LogP contribution is 2.19. The summed E-state index contributed by atoms with van der Waals surface area (Å²) in [6.45, 7) is 2.24. The van der Waals surface area contributed by atoms with Gasteiger partial charge in [-0.2, -0.15) is 0 Å². The van der Waals surface area contributed by atoms with E-state index >= 15 is 0 Å². The molecule has 1 saturated carbocycles. The minimum absolute atomic E-state index is 0.0617. The average Bonchev–Trinajstić information content (AvgIpc) is 2.79. The molecule has 0 heterocycles. The highest BCUT2D eigenvalue weighted by molar-refractivity contribution is 5.88. The summed E-state index contributed by atoms with van der Waals surface area (Å²) in [5.74, 6) is 0.395. The molecule has 1 N–H and O–H groups in total. The number of benzene rings is 2. The van der Waals surface area contributed by atoms with E-state index in [1.54, 1.807) is 4.90 Å². The van der Waals surface area contributed by atoms with Gasteiger partial charge in [0.25, 0.3) is 5.91 Å². The Hall–Kier alpha value is -2.82. The first-order chi connectivity index (χ1) is 14.7. The van der Waals surface area contributed by atoms with Gasteiger partial charge in [0, 0.05) is 12.6 Å². The van der Waals surface area contributed by atoms with Gasteiger partial charge in [0.15, 0.2) is 6.61 Å². The van der Waals surface area contributed by atoms with Crippen LogP contribution in [0.25, 0.3) is 0 Å². The third kappa shape index (κ3) is 6.34. The summed E-state index contributed by atoms with van der Waals surface area (Å²) < 4.78 is 5.69. The summed E-state index contributed by atoms with van der Waals surface area (Å²) in [6.07, 6.45) is 6.14.